The predicted octanol–water partition coefficient (Wildman–Crippen LogP) is 4.39. The number of amides is 2. The average molecular weight is 489 g/mol. The molecule has 0 fully saturated rings. The normalized spacial score (nSPS) is 10.7. The van der Waals surface area contributed by atoms with Crippen LogP contribution >= 0.6 is 11.8 Å². The molecule has 2 amide bonds. The number of rotatable bonds is 7. The second kappa shape index (κ2) is 10.4. The Bertz CT molecular complexity index is 1460. The second-order valence-corrected chi connectivity index (χ2v) is 8.76. The fourth-order valence-corrected chi connectivity index (χ4v) is 4.35. The molecule has 0 bridgehead atoms. The first-order chi connectivity index (χ1) is 16.9. The fraction of sp³-hybridized carbons (Fsp3) is 0.154. The van der Waals surface area contributed by atoms with E-state index in [0.29, 0.717) is 38.9 Å². The lowest BCUT2D eigenvalue weighted by Gasteiger charge is -2.14. The molecule has 9 heteroatoms. The third-order valence-electron chi connectivity index (χ3n) is 5.16. The van der Waals surface area contributed by atoms with Gasteiger partial charge in [-0.15, -0.1) is 0 Å². The molecule has 4 aromatic rings. The number of hydrogen-bond acceptors (Lipinski definition) is 6. The topological polar surface area (TPSA) is 102 Å². The van der Waals surface area contributed by atoms with Crippen LogP contribution in [0.15, 0.2) is 76.7 Å². The van der Waals surface area contributed by atoms with Gasteiger partial charge in [-0.3, -0.25) is 19.0 Å². The van der Waals surface area contributed by atoms with Crippen molar-refractivity contribution in [1.82, 2.24) is 9.55 Å². The highest BCUT2D eigenvalue weighted by Gasteiger charge is 2.16. The van der Waals surface area contributed by atoms with Gasteiger partial charge in [0.2, 0.25) is 11.8 Å². The third kappa shape index (κ3) is 5.52. The first-order valence-electron chi connectivity index (χ1n) is 10.8. The summed E-state index contributed by atoms with van der Waals surface area (Å²) in [6.45, 7) is 3.38. The summed E-state index contributed by atoms with van der Waals surface area (Å²) < 4.78 is 6.85. The lowest BCUT2D eigenvalue weighted by Crippen LogP contribution is -2.23. The van der Waals surface area contributed by atoms with Crippen molar-refractivity contribution >= 4 is 45.9 Å². The van der Waals surface area contributed by atoms with Crippen molar-refractivity contribution in [2.45, 2.75) is 19.0 Å². The van der Waals surface area contributed by atoms with Gasteiger partial charge in [0.1, 0.15) is 5.75 Å². The van der Waals surface area contributed by atoms with E-state index in [1.807, 2.05) is 37.3 Å². The summed E-state index contributed by atoms with van der Waals surface area (Å²) in [7, 11) is 1.50. The molecule has 2 N–H and O–H groups in total. The quantitative estimate of drug-likeness (QED) is 0.295. The van der Waals surface area contributed by atoms with Crippen LogP contribution in [-0.2, 0) is 9.59 Å². The number of nitrogens with one attached hydrogen (secondary N) is 2. The number of anilines is 2. The van der Waals surface area contributed by atoms with Crippen LogP contribution in [0.25, 0.3) is 16.6 Å². The molecule has 0 atom stereocenters. The lowest BCUT2D eigenvalue weighted by atomic mass is 10.2. The maximum absolute atomic E-state index is 13.3. The number of ether oxygens (including phenoxy) is 1. The van der Waals surface area contributed by atoms with Gasteiger partial charge in [0.05, 0.1) is 35.1 Å². The van der Waals surface area contributed by atoms with Gasteiger partial charge < -0.3 is 15.4 Å². The Morgan fingerprint density at radius 2 is 1.77 bits per heavy atom. The van der Waals surface area contributed by atoms with E-state index in [2.05, 4.69) is 15.6 Å². The number of aromatic nitrogens is 2. The van der Waals surface area contributed by atoms with E-state index in [-0.39, 0.29) is 23.1 Å². The second-order valence-electron chi connectivity index (χ2n) is 7.82. The SMILES string of the molecule is COc1ccc(NC(C)=O)cc1NC(=O)CSc1nc2ccccc2c(=O)n1-c1ccc(C)cc1. The molecular weight excluding hydrogens is 464 g/mol. The maximum atomic E-state index is 13.3. The number of thioether (sulfide) groups is 1. The molecule has 0 aliphatic carbocycles. The molecule has 3 aromatic carbocycles. The zero-order valence-corrected chi connectivity index (χ0v) is 20.3. The number of carbonyl (C=O) groups is 2. The van der Waals surface area contributed by atoms with Gasteiger partial charge in [-0.05, 0) is 49.4 Å². The molecule has 178 valence electrons. The van der Waals surface area contributed by atoms with E-state index in [1.165, 1.54) is 18.6 Å². The molecular formula is C26H24N4O4S. The van der Waals surface area contributed by atoms with Gasteiger partial charge in [0, 0.05) is 12.6 Å². The Morgan fingerprint density at radius 3 is 2.49 bits per heavy atom. The first kappa shape index (κ1) is 24.0. The lowest BCUT2D eigenvalue weighted by molar-refractivity contribution is -0.114. The molecule has 4 rings (SSSR count). The molecule has 0 unspecified atom stereocenters. The number of aryl methyl sites for hydroxylation is 1. The molecule has 0 saturated carbocycles. The number of nitrogens with zero attached hydrogens (tertiary/aromatic N) is 2. The number of carbonyl (C=O) groups excluding carboxylic acids is 2. The molecule has 1 aromatic heterocycles. The van der Waals surface area contributed by atoms with E-state index >= 15 is 0 Å². The summed E-state index contributed by atoms with van der Waals surface area (Å²) in [5.41, 5.74) is 3.06. The van der Waals surface area contributed by atoms with Gasteiger partial charge in [-0.2, -0.15) is 0 Å². The van der Waals surface area contributed by atoms with Crippen molar-refractivity contribution in [2.24, 2.45) is 0 Å². The van der Waals surface area contributed by atoms with Crippen LogP contribution in [0.3, 0.4) is 0 Å². The van der Waals surface area contributed by atoms with Gasteiger partial charge in [-0.25, -0.2) is 4.98 Å². The van der Waals surface area contributed by atoms with Crippen LogP contribution in [-0.4, -0.2) is 34.2 Å². The van der Waals surface area contributed by atoms with Crippen molar-refractivity contribution < 1.29 is 14.3 Å². The van der Waals surface area contributed by atoms with E-state index in [0.717, 1.165) is 17.3 Å². The zero-order valence-electron chi connectivity index (χ0n) is 19.5. The van der Waals surface area contributed by atoms with E-state index in [9.17, 15) is 14.4 Å². The Balaban J connectivity index is 1.62. The molecule has 0 aliphatic rings. The van der Waals surface area contributed by atoms with Gasteiger partial charge in [0.15, 0.2) is 5.16 Å². The van der Waals surface area contributed by atoms with Crippen molar-refractivity contribution in [1.29, 1.82) is 0 Å². The highest BCUT2D eigenvalue weighted by molar-refractivity contribution is 7.99. The fourth-order valence-electron chi connectivity index (χ4n) is 3.53. The van der Waals surface area contributed by atoms with Gasteiger partial charge in [0.25, 0.3) is 5.56 Å². The monoisotopic (exact) mass is 488 g/mol. The average Bonchev–Trinajstić information content (AvgIpc) is 2.83. The summed E-state index contributed by atoms with van der Waals surface area (Å²) in [4.78, 5) is 42.2. The van der Waals surface area contributed by atoms with Crippen molar-refractivity contribution in [2.75, 3.05) is 23.5 Å². The molecule has 0 saturated heterocycles. The summed E-state index contributed by atoms with van der Waals surface area (Å²) in [6.07, 6.45) is 0. The molecule has 0 aliphatic heterocycles. The highest BCUT2D eigenvalue weighted by atomic mass is 32.2. The van der Waals surface area contributed by atoms with Gasteiger partial charge in [-0.1, -0.05) is 41.6 Å². The largest absolute Gasteiger partial charge is 0.495 e. The molecule has 35 heavy (non-hydrogen) atoms. The zero-order chi connectivity index (χ0) is 24.9. The molecule has 0 radical (unpaired) electrons. The summed E-state index contributed by atoms with van der Waals surface area (Å²) in [5.74, 6) is -0.0760. The number of para-hydroxylation sites is 1. The van der Waals surface area contributed by atoms with Gasteiger partial charge >= 0.3 is 0 Å². The number of benzene rings is 3. The standard InChI is InChI=1S/C26H24N4O4S/c1-16-8-11-19(12-9-16)30-25(33)20-6-4-5-7-21(20)29-26(30)35-15-24(32)28-22-14-18(27-17(2)31)10-13-23(22)34-3/h4-14H,15H2,1-3H3,(H,27,31)(H,28,32). The Labute approximate surface area is 206 Å². The Morgan fingerprint density at radius 1 is 1.03 bits per heavy atom. The van der Waals surface area contributed by atoms with E-state index in [1.54, 1.807) is 36.4 Å². The first-order valence-corrected chi connectivity index (χ1v) is 11.8. The van der Waals surface area contributed by atoms with Crippen molar-refractivity contribution in [3.8, 4) is 11.4 Å². The minimum Gasteiger partial charge on any atom is -0.495 e. The highest BCUT2D eigenvalue weighted by Crippen LogP contribution is 2.29. The Hall–Kier alpha value is -4.11. The van der Waals surface area contributed by atoms with Crippen LogP contribution in [0.2, 0.25) is 0 Å². The van der Waals surface area contributed by atoms with Crippen LogP contribution in [0.1, 0.15) is 12.5 Å². The number of methoxy groups -OCH3 is 1. The van der Waals surface area contributed by atoms with Crippen LogP contribution in [0.4, 0.5) is 11.4 Å². The Kier molecular flexibility index (Phi) is 7.17. The summed E-state index contributed by atoms with van der Waals surface area (Å²) in [6, 6.07) is 19.7. The number of hydrogen-bond donors (Lipinski definition) is 2. The van der Waals surface area contributed by atoms with Crippen LogP contribution in [0, 0.1) is 6.92 Å². The molecule has 1 heterocycles. The number of fused-ring (bicyclic) bond motifs is 1. The summed E-state index contributed by atoms with van der Waals surface area (Å²) >= 11 is 1.16. The smallest absolute Gasteiger partial charge is 0.266 e. The minimum absolute atomic E-state index is 0.00413. The predicted molar refractivity (Wildman–Crippen MR) is 139 cm³/mol. The summed E-state index contributed by atoms with van der Waals surface area (Å²) in [5, 5.41) is 6.40. The molecule has 8 nitrogen and oxygen atoms in total. The van der Waals surface area contributed by atoms with Crippen LogP contribution < -0.4 is 20.9 Å². The van der Waals surface area contributed by atoms with Crippen molar-refractivity contribution in [3.05, 3.63) is 82.6 Å². The van der Waals surface area contributed by atoms with E-state index in [4.69, 9.17) is 4.74 Å². The van der Waals surface area contributed by atoms with Crippen LogP contribution in [0.5, 0.6) is 5.75 Å². The third-order valence-corrected chi connectivity index (χ3v) is 6.10. The minimum atomic E-state index is -0.314. The van der Waals surface area contributed by atoms with Crippen molar-refractivity contribution in [3.63, 3.8) is 0 Å². The maximum Gasteiger partial charge on any atom is 0.266 e. The molecule has 0 spiro atoms. The van der Waals surface area contributed by atoms with E-state index < -0.39 is 0 Å².